The zero-order valence-electron chi connectivity index (χ0n) is 9.19. The van der Waals surface area contributed by atoms with Gasteiger partial charge in [0.15, 0.2) is 0 Å². The highest BCUT2D eigenvalue weighted by Crippen LogP contribution is 2.32. The quantitative estimate of drug-likeness (QED) is 0.897. The van der Waals surface area contributed by atoms with Gasteiger partial charge in [-0.1, -0.05) is 11.6 Å². The van der Waals surface area contributed by atoms with Gasteiger partial charge in [0.1, 0.15) is 11.5 Å². The summed E-state index contributed by atoms with van der Waals surface area (Å²) in [5, 5.41) is 2.57. The Kier molecular flexibility index (Phi) is 2.41. The van der Waals surface area contributed by atoms with Gasteiger partial charge in [-0.2, -0.15) is 4.68 Å². The first kappa shape index (κ1) is 11.3. The van der Waals surface area contributed by atoms with Crippen LogP contribution in [0.3, 0.4) is 0 Å². The number of nitrogens with zero attached hydrogens (tertiary/aromatic N) is 2. The first-order valence-corrected chi connectivity index (χ1v) is 5.84. The second kappa shape index (κ2) is 3.84. The minimum atomic E-state index is -0.659. The van der Waals surface area contributed by atoms with Crippen molar-refractivity contribution in [1.82, 2.24) is 14.3 Å². The van der Waals surface area contributed by atoms with Crippen LogP contribution in [-0.2, 0) is 0 Å². The average Bonchev–Trinajstić information content (AvgIpc) is 3.07. The molecule has 94 valence electrons. The number of nitrogens with one attached hydrogen (secondary N) is 1. The molecular weight excluding hydrogens is 261 g/mol. The minimum absolute atomic E-state index is 0.0131. The van der Waals surface area contributed by atoms with E-state index in [0.29, 0.717) is 0 Å². The molecule has 1 fully saturated rings. The molecular formula is C11H9ClFN3O2. The highest BCUT2D eigenvalue weighted by atomic mass is 35.5. The van der Waals surface area contributed by atoms with E-state index in [-0.39, 0.29) is 16.8 Å². The summed E-state index contributed by atoms with van der Waals surface area (Å²) in [7, 11) is 0. The average molecular weight is 270 g/mol. The van der Waals surface area contributed by atoms with Gasteiger partial charge in [-0.05, 0) is 31.0 Å². The maximum Gasteiger partial charge on any atom is 0.352 e. The zero-order valence-corrected chi connectivity index (χ0v) is 9.95. The lowest BCUT2D eigenvalue weighted by Crippen LogP contribution is -2.27. The molecule has 1 aliphatic rings. The molecule has 1 heterocycles. The van der Waals surface area contributed by atoms with Crippen LogP contribution in [0.1, 0.15) is 18.9 Å². The molecule has 0 aliphatic heterocycles. The molecule has 5 nitrogen and oxygen atoms in total. The lowest BCUT2D eigenvalue weighted by Gasteiger charge is -2.02. The number of rotatable bonds is 2. The van der Waals surface area contributed by atoms with Gasteiger partial charge in [0, 0.05) is 11.1 Å². The normalized spacial score (nSPS) is 15.0. The fourth-order valence-corrected chi connectivity index (χ4v) is 2.03. The molecule has 0 atom stereocenters. The van der Waals surface area contributed by atoms with Crippen molar-refractivity contribution >= 4 is 11.6 Å². The van der Waals surface area contributed by atoms with Crippen LogP contribution >= 0.6 is 11.6 Å². The predicted octanol–water partition coefficient (Wildman–Crippen LogP) is 1.45. The van der Waals surface area contributed by atoms with Crippen LogP contribution < -0.4 is 11.4 Å². The summed E-state index contributed by atoms with van der Waals surface area (Å²) in [5.74, 6) is -0.659. The third-order valence-corrected chi connectivity index (χ3v) is 3.12. The summed E-state index contributed by atoms with van der Waals surface area (Å²) in [6, 6.07) is 3.85. The highest BCUT2D eigenvalue weighted by Gasteiger charge is 2.29. The van der Waals surface area contributed by atoms with Crippen LogP contribution in [0.2, 0.25) is 5.02 Å². The summed E-state index contributed by atoms with van der Waals surface area (Å²) in [6.45, 7) is 0. The van der Waals surface area contributed by atoms with Crippen molar-refractivity contribution in [1.29, 1.82) is 0 Å². The standard InChI is InChI=1S/C11H9ClFN3O2/c12-6-1-4-9(8(13)5-6)16-11(18)15(7-2-3-7)10(17)14-16/h1,4-5,7H,2-3H2,(H,14,17). The van der Waals surface area contributed by atoms with E-state index in [9.17, 15) is 14.0 Å². The molecule has 1 N–H and O–H groups in total. The van der Waals surface area contributed by atoms with E-state index >= 15 is 0 Å². The number of H-pyrrole nitrogens is 1. The van der Waals surface area contributed by atoms with E-state index in [0.717, 1.165) is 28.2 Å². The van der Waals surface area contributed by atoms with Gasteiger partial charge in [-0.15, -0.1) is 0 Å². The van der Waals surface area contributed by atoms with Gasteiger partial charge < -0.3 is 0 Å². The molecule has 7 heteroatoms. The lowest BCUT2D eigenvalue weighted by molar-refractivity contribution is 0.604. The maximum atomic E-state index is 13.7. The number of aromatic nitrogens is 3. The van der Waals surface area contributed by atoms with Crippen LogP contribution in [0, 0.1) is 5.82 Å². The zero-order chi connectivity index (χ0) is 12.9. The Hall–Kier alpha value is -1.82. The van der Waals surface area contributed by atoms with Gasteiger partial charge in [0.2, 0.25) is 0 Å². The molecule has 1 aromatic heterocycles. The molecule has 0 saturated heterocycles. The topological polar surface area (TPSA) is 59.8 Å². The van der Waals surface area contributed by atoms with E-state index in [2.05, 4.69) is 5.10 Å². The van der Waals surface area contributed by atoms with Crippen LogP contribution in [0.4, 0.5) is 4.39 Å². The van der Waals surface area contributed by atoms with Crippen molar-refractivity contribution in [3.63, 3.8) is 0 Å². The van der Waals surface area contributed by atoms with Crippen molar-refractivity contribution in [2.75, 3.05) is 0 Å². The summed E-state index contributed by atoms with van der Waals surface area (Å²) in [4.78, 5) is 23.6. The van der Waals surface area contributed by atoms with Crippen molar-refractivity contribution in [2.24, 2.45) is 0 Å². The minimum Gasteiger partial charge on any atom is -0.246 e. The van der Waals surface area contributed by atoms with Gasteiger partial charge in [-0.25, -0.2) is 23.6 Å². The Labute approximate surface area is 105 Å². The molecule has 1 saturated carbocycles. The van der Waals surface area contributed by atoms with Gasteiger partial charge in [0.05, 0.1) is 0 Å². The molecule has 3 rings (SSSR count). The molecule has 0 radical (unpaired) electrons. The highest BCUT2D eigenvalue weighted by molar-refractivity contribution is 6.30. The number of aromatic amines is 1. The monoisotopic (exact) mass is 269 g/mol. The summed E-state index contributed by atoms with van der Waals surface area (Å²) < 4.78 is 15.7. The molecule has 0 spiro atoms. The molecule has 0 bridgehead atoms. The van der Waals surface area contributed by atoms with E-state index in [1.165, 1.54) is 12.1 Å². The Morgan fingerprint density at radius 1 is 1.33 bits per heavy atom. The van der Waals surface area contributed by atoms with Crippen molar-refractivity contribution in [3.05, 3.63) is 50.0 Å². The van der Waals surface area contributed by atoms with E-state index in [1.54, 1.807) is 0 Å². The Bertz CT molecular complexity index is 727. The summed E-state index contributed by atoms with van der Waals surface area (Å²) in [6.07, 6.45) is 1.60. The molecule has 0 unspecified atom stereocenters. The molecule has 1 aliphatic carbocycles. The van der Waals surface area contributed by atoms with Crippen LogP contribution in [0.25, 0.3) is 5.69 Å². The fraction of sp³-hybridized carbons (Fsp3) is 0.273. The number of benzene rings is 1. The predicted molar refractivity (Wildman–Crippen MR) is 63.9 cm³/mol. The van der Waals surface area contributed by atoms with Crippen LogP contribution in [0.5, 0.6) is 0 Å². The Balaban J connectivity index is 2.20. The molecule has 1 aromatic carbocycles. The second-order valence-corrected chi connectivity index (χ2v) is 4.67. The molecule has 0 amide bonds. The van der Waals surface area contributed by atoms with E-state index in [4.69, 9.17) is 11.6 Å². The smallest absolute Gasteiger partial charge is 0.246 e. The number of hydrogen-bond donors (Lipinski definition) is 1. The first-order chi connectivity index (χ1) is 8.58. The van der Waals surface area contributed by atoms with Crippen molar-refractivity contribution in [3.8, 4) is 5.69 Å². The number of halogens is 2. The maximum absolute atomic E-state index is 13.7. The van der Waals surface area contributed by atoms with E-state index in [1.807, 2.05) is 0 Å². The largest absolute Gasteiger partial charge is 0.352 e. The Morgan fingerprint density at radius 3 is 2.67 bits per heavy atom. The third kappa shape index (κ3) is 1.69. The summed E-state index contributed by atoms with van der Waals surface area (Å²) >= 11 is 5.64. The number of hydrogen-bond acceptors (Lipinski definition) is 2. The first-order valence-electron chi connectivity index (χ1n) is 5.47. The third-order valence-electron chi connectivity index (χ3n) is 2.89. The van der Waals surface area contributed by atoms with Crippen LogP contribution in [0.15, 0.2) is 27.8 Å². The fourth-order valence-electron chi connectivity index (χ4n) is 1.87. The van der Waals surface area contributed by atoms with Gasteiger partial charge in [-0.3, -0.25) is 0 Å². The summed E-state index contributed by atoms with van der Waals surface area (Å²) in [5.41, 5.74) is -1.08. The Morgan fingerprint density at radius 2 is 2.06 bits per heavy atom. The molecule has 18 heavy (non-hydrogen) atoms. The van der Waals surface area contributed by atoms with Gasteiger partial charge in [0.25, 0.3) is 0 Å². The van der Waals surface area contributed by atoms with Crippen molar-refractivity contribution in [2.45, 2.75) is 18.9 Å². The SMILES string of the molecule is O=c1[nH]n(-c2ccc(Cl)cc2F)c(=O)n1C1CC1. The van der Waals surface area contributed by atoms with Crippen LogP contribution in [-0.4, -0.2) is 14.3 Å². The lowest BCUT2D eigenvalue weighted by atomic mass is 10.3. The van der Waals surface area contributed by atoms with Gasteiger partial charge >= 0.3 is 11.4 Å². The molecule has 2 aromatic rings. The van der Waals surface area contributed by atoms with Crippen molar-refractivity contribution < 1.29 is 4.39 Å². The second-order valence-electron chi connectivity index (χ2n) is 4.23. The van der Waals surface area contributed by atoms with E-state index < -0.39 is 17.2 Å².